The highest BCUT2D eigenvalue weighted by atomic mass is 79.9. The molecule has 0 unspecified atom stereocenters. The third kappa shape index (κ3) is 2.91. The standard InChI is InChI=1S/C12H7BrCl2OS/c13-8-4-5-17-12(8)10(16)6-7-2-1-3-9(14)11(7)15/h1-5H,6H2. The molecule has 0 N–H and O–H groups in total. The van der Waals surface area contributed by atoms with Gasteiger partial charge in [-0.2, -0.15) is 0 Å². The van der Waals surface area contributed by atoms with E-state index in [4.69, 9.17) is 23.2 Å². The Morgan fingerprint density at radius 1 is 1.29 bits per heavy atom. The summed E-state index contributed by atoms with van der Waals surface area (Å²) >= 11 is 16.7. The van der Waals surface area contributed by atoms with E-state index in [1.807, 2.05) is 17.5 Å². The average molecular weight is 350 g/mol. The number of hydrogen-bond donors (Lipinski definition) is 0. The van der Waals surface area contributed by atoms with Crippen LogP contribution in [0.25, 0.3) is 0 Å². The molecular formula is C12H7BrCl2OS. The summed E-state index contributed by atoms with van der Waals surface area (Å²) in [7, 11) is 0. The normalized spacial score (nSPS) is 10.5. The molecule has 1 aromatic heterocycles. The molecule has 1 nitrogen and oxygen atoms in total. The van der Waals surface area contributed by atoms with Gasteiger partial charge in [0.05, 0.1) is 14.9 Å². The third-order valence-electron chi connectivity index (χ3n) is 2.25. The highest BCUT2D eigenvalue weighted by Gasteiger charge is 2.14. The molecule has 2 rings (SSSR count). The van der Waals surface area contributed by atoms with Crippen LogP contribution in [0.5, 0.6) is 0 Å². The van der Waals surface area contributed by atoms with Gasteiger partial charge in [-0.15, -0.1) is 11.3 Å². The van der Waals surface area contributed by atoms with E-state index in [0.29, 0.717) is 14.9 Å². The van der Waals surface area contributed by atoms with Gasteiger partial charge in [-0.05, 0) is 39.0 Å². The van der Waals surface area contributed by atoms with Crippen LogP contribution in [0.1, 0.15) is 15.2 Å². The van der Waals surface area contributed by atoms with Crippen LogP contribution in [0, 0.1) is 0 Å². The van der Waals surface area contributed by atoms with Gasteiger partial charge in [-0.1, -0.05) is 35.3 Å². The third-order valence-corrected chi connectivity index (χ3v) is 4.99. The van der Waals surface area contributed by atoms with Crippen molar-refractivity contribution in [2.75, 3.05) is 0 Å². The summed E-state index contributed by atoms with van der Waals surface area (Å²) in [5.74, 6) is 0.0380. The molecule has 17 heavy (non-hydrogen) atoms. The minimum atomic E-state index is 0.0380. The molecule has 0 spiro atoms. The lowest BCUT2D eigenvalue weighted by Gasteiger charge is -2.04. The van der Waals surface area contributed by atoms with E-state index in [1.165, 1.54) is 11.3 Å². The van der Waals surface area contributed by atoms with Crippen LogP contribution >= 0.6 is 50.5 Å². The van der Waals surface area contributed by atoms with Crippen LogP contribution in [-0.2, 0) is 6.42 Å². The van der Waals surface area contributed by atoms with E-state index in [9.17, 15) is 4.79 Å². The molecule has 0 fully saturated rings. The van der Waals surface area contributed by atoms with Crippen LogP contribution in [-0.4, -0.2) is 5.78 Å². The molecule has 2 aromatic rings. The first-order chi connectivity index (χ1) is 8.09. The van der Waals surface area contributed by atoms with Crippen molar-refractivity contribution in [1.82, 2.24) is 0 Å². The minimum Gasteiger partial charge on any atom is -0.293 e. The Kier molecular flexibility index (Phi) is 4.26. The number of rotatable bonds is 3. The molecule has 0 bridgehead atoms. The topological polar surface area (TPSA) is 17.1 Å². The van der Waals surface area contributed by atoms with Gasteiger partial charge >= 0.3 is 0 Å². The summed E-state index contributed by atoms with van der Waals surface area (Å²) in [6.45, 7) is 0. The molecular weight excluding hydrogens is 343 g/mol. The highest BCUT2D eigenvalue weighted by molar-refractivity contribution is 9.10. The van der Waals surface area contributed by atoms with E-state index >= 15 is 0 Å². The van der Waals surface area contributed by atoms with Crippen LogP contribution in [0.2, 0.25) is 10.0 Å². The second-order valence-corrected chi connectivity index (χ2v) is 5.97. The summed E-state index contributed by atoms with van der Waals surface area (Å²) in [4.78, 5) is 12.7. The Balaban J connectivity index is 2.25. The zero-order valence-corrected chi connectivity index (χ0v) is 12.5. The van der Waals surface area contributed by atoms with Gasteiger partial charge in [0.2, 0.25) is 0 Å². The second-order valence-electron chi connectivity index (χ2n) is 3.41. The number of hydrogen-bond acceptors (Lipinski definition) is 2. The summed E-state index contributed by atoms with van der Waals surface area (Å²) in [5.41, 5.74) is 0.754. The molecule has 1 heterocycles. The van der Waals surface area contributed by atoms with Crippen molar-refractivity contribution in [2.45, 2.75) is 6.42 Å². The van der Waals surface area contributed by atoms with Gasteiger partial charge in [0.25, 0.3) is 0 Å². The van der Waals surface area contributed by atoms with Crippen molar-refractivity contribution >= 4 is 56.3 Å². The lowest BCUT2D eigenvalue weighted by atomic mass is 10.1. The number of ketones is 1. The van der Waals surface area contributed by atoms with Crippen molar-refractivity contribution < 1.29 is 4.79 Å². The zero-order valence-electron chi connectivity index (χ0n) is 8.54. The van der Waals surface area contributed by atoms with Crippen LogP contribution in [0.15, 0.2) is 34.1 Å². The number of carbonyl (C=O) groups is 1. The lowest BCUT2D eigenvalue weighted by Crippen LogP contribution is -2.02. The van der Waals surface area contributed by atoms with E-state index < -0.39 is 0 Å². The number of benzene rings is 1. The quantitative estimate of drug-likeness (QED) is 0.692. The molecule has 0 saturated carbocycles. The Morgan fingerprint density at radius 2 is 2.06 bits per heavy atom. The summed E-state index contributed by atoms with van der Waals surface area (Å²) in [5, 5.41) is 2.80. The SMILES string of the molecule is O=C(Cc1cccc(Cl)c1Cl)c1sccc1Br. The predicted molar refractivity (Wildman–Crippen MR) is 76.5 cm³/mol. The van der Waals surface area contributed by atoms with Crippen molar-refractivity contribution in [3.63, 3.8) is 0 Å². The fourth-order valence-corrected chi connectivity index (χ4v) is 3.35. The number of Topliss-reactive ketones (excluding diaryl/α,β-unsaturated/α-hetero) is 1. The van der Waals surface area contributed by atoms with Crippen molar-refractivity contribution in [2.24, 2.45) is 0 Å². The Hall–Kier alpha value is -0.350. The molecule has 1 aromatic carbocycles. The number of carbonyl (C=O) groups excluding carboxylic acids is 1. The average Bonchev–Trinajstić information content (AvgIpc) is 2.71. The maximum Gasteiger partial charge on any atom is 0.178 e. The summed E-state index contributed by atoms with van der Waals surface area (Å²) in [6.07, 6.45) is 0.262. The fourth-order valence-electron chi connectivity index (χ4n) is 1.43. The fraction of sp³-hybridized carbons (Fsp3) is 0.0833. The van der Waals surface area contributed by atoms with Gasteiger partial charge in [-0.25, -0.2) is 0 Å². The smallest absolute Gasteiger partial charge is 0.178 e. The first-order valence-corrected chi connectivity index (χ1v) is 7.21. The van der Waals surface area contributed by atoms with E-state index in [-0.39, 0.29) is 12.2 Å². The van der Waals surface area contributed by atoms with Gasteiger partial charge in [0.15, 0.2) is 5.78 Å². The largest absolute Gasteiger partial charge is 0.293 e. The highest BCUT2D eigenvalue weighted by Crippen LogP contribution is 2.29. The Bertz CT molecular complexity index is 565. The molecule has 0 atom stereocenters. The zero-order chi connectivity index (χ0) is 12.4. The van der Waals surface area contributed by atoms with Gasteiger partial charge in [0.1, 0.15) is 0 Å². The molecule has 0 aliphatic rings. The molecule has 0 amide bonds. The lowest BCUT2D eigenvalue weighted by molar-refractivity contribution is 0.0996. The second kappa shape index (κ2) is 5.53. The summed E-state index contributed by atoms with van der Waals surface area (Å²) < 4.78 is 0.825. The van der Waals surface area contributed by atoms with E-state index in [1.54, 1.807) is 12.1 Å². The van der Waals surface area contributed by atoms with E-state index in [0.717, 1.165) is 10.0 Å². The molecule has 5 heteroatoms. The van der Waals surface area contributed by atoms with Crippen LogP contribution in [0.4, 0.5) is 0 Å². The monoisotopic (exact) mass is 348 g/mol. The molecule has 0 saturated heterocycles. The molecule has 0 aliphatic heterocycles. The van der Waals surface area contributed by atoms with Crippen LogP contribution < -0.4 is 0 Å². The first kappa shape index (κ1) is 13.1. The minimum absolute atomic E-state index is 0.0380. The predicted octanol–water partition coefficient (Wildman–Crippen LogP) is 5.24. The van der Waals surface area contributed by atoms with Gasteiger partial charge in [-0.3, -0.25) is 4.79 Å². The maximum absolute atomic E-state index is 12.0. The van der Waals surface area contributed by atoms with Gasteiger partial charge < -0.3 is 0 Å². The van der Waals surface area contributed by atoms with E-state index in [2.05, 4.69) is 15.9 Å². The molecule has 0 aliphatic carbocycles. The first-order valence-electron chi connectivity index (χ1n) is 4.78. The van der Waals surface area contributed by atoms with Crippen molar-refractivity contribution in [1.29, 1.82) is 0 Å². The van der Waals surface area contributed by atoms with Crippen LogP contribution in [0.3, 0.4) is 0 Å². The number of thiophene rings is 1. The molecule has 88 valence electrons. The number of halogens is 3. The summed E-state index contributed by atoms with van der Waals surface area (Å²) in [6, 6.07) is 7.17. The Morgan fingerprint density at radius 3 is 2.71 bits per heavy atom. The molecule has 0 radical (unpaired) electrons. The van der Waals surface area contributed by atoms with Crippen molar-refractivity contribution in [3.05, 3.63) is 54.6 Å². The maximum atomic E-state index is 12.0. The Labute approximate surface area is 121 Å². The van der Waals surface area contributed by atoms with Gasteiger partial charge in [0, 0.05) is 10.9 Å². The van der Waals surface area contributed by atoms with Crippen molar-refractivity contribution in [3.8, 4) is 0 Å².